The quantitative estimate of drug-likeness (QED) is 0.654. The molecule has 0 atom stereocenters. The lowest BCUT2D eigenvalue weighted by Crippen LogP contribution is -2.36. The third kappa shape index (κ3) is 3.89. The molecule has 0 aromatic rings. The largest absolute Gasteiger partial charge is 0.379 e. The molecule has 1 rings (SSSR count). The van der Waals surface area contributed by atoms with Crippen molar-refractivity contribution in [2.75, 3.05) is 32.8 Å². The normalized spacial score (nSPS) is 19.6. The van der Waals surface area contributed by atoms with Gasteiger partial charge in [0.1, 0.15) is 0 Å². The molecule has 0 bridgehead atoms. The third-order valence-corrected chi connectivity index (χ3v) is 2.39. The fourth-order valence-electron chi connectivity index (χ4n) is 1.39. The summed E-state index contributed by atoms with van der Waals surface area (Å²) in [5.74, 6) is -0.327. The van der Waals surface area contributed by atoms with Crippen molar-refractivity contribution in [3.05, 3.63) is 11.6 Å². The highest BCUT2D eigenvalue weighted by Gasteiger charge is 2.08. The molecule has 0 radical (unpaired) electrons. The summed E-state index contributed by atoms with van der Waals surface area (Å²) in [4.78, 5) is 13.0. The van der Waals surface area contributed by atoms with Crippen LogP contribution in [-0.2, 0) is 9.53 Å². The van der Waals surface area contributed by atoms with Gasteiger partial charge < -0.3 is 10.5 Å². The van der Waals surface area contributed by atoms with E-state index in [0.717, 1.165) is 39.3 Å². The Bertz CT molecular complexity index is 220. The van der Waals surface area contributed by atoms with Gasteiger partial charge >= 0.3 is 0 Å². The third-order valence-electron chi connectivity index (χ3n) is 2.39. The van der Waals surface area contributed by atoms with Crippen LogP contribution in [0.4, 0.5) is 0 Å². The summed E-state index contributed by atoms with van der Waals surface area (Å²) in [5.41, 5.74) is 5.77. The molecule has 1 aliphatic heterocycles. The van der Waals surface area contributed by atoms with Gasteiger partial charge in [-0.25, -0.2) is 0 Å². The maximum absolute atomic E-state index is 10.7. The molecule has 14 heavy (non-hydrogen) atoms. The number of rotatable bonds is 4. The summed E-state index contributed by atoms with van der Waals surface area (Å²) in [7, 11) is 0. The number of amides is 1. The molecule has 1 fully saturated rings. The Hall–Kier alpha value is -0.870. The van der Waals surface area contributed by atoms with Gasteiger partial charge in [-0.3, -0.25) is 9.69 Å². The molecule has 1 amide bonds. The minimum atomic E-state index is -0.327. The first-order chi connectivity index (χ1) is 6.70. The Morgan fingerprint density at radius 1 is 1.50 bits per heavy atom. The Kier molecular flexibility index (Phi) is 4.62. The van der Waals surface area contributed by atoms with Crippen molar-refractivity contribution in [2.24, 2.45) is 5.73 Å². The van der Waals surface area contributed by atoms with Crippen LogP contribution in [0.15, 0.2) is 11.6 Å². The molecule has 1 saturated heterocycles. The molecule has 80 valence electrons. The Morgan fingerprint density at radius 2 is 2.14 bits per heavy atom. The van der Waals surface area contributed by atoms with Crippen molar-refractivity contribution in [3.63, 3.8) is 0 Å². The number of nitrogens with zero attached hydrogens (tertiary/aromatic N) is 1. The molecule has 0 aliphatic carbocycles. The second-order valence-electron chi connectivity index (χ2n) is 3.49. The molecule has 4 nitrogen and oxygen atoms in total. The van der Waals surface area contributed by atoms with Crippen molar-refractivity contribution in [2.45, 2.75) is 13.3 Å². The lowest BCUT2D eigenvalue weighted by atomic mass is 10.2. The molecule has 1 heterocycles. The van der Waals surface area contributed by atoms with Crippen molar-refractivity contribution in [1.82, 2.24) is 4.90 Å². The zero-order valence-corrected chi connectivity index (χ0v) is 8.66. The van der Waals surface area contributed by atoms with Gasteiger partial charge in [-0.15, -0.1) is 0 Å². The molecule has 2 N–H and O–H groups in total. The molecular formula is C10H18N2O2. The van der Waals surface area contributed by atoms with Gasteiger partial charge in [0.15, 0.2) is 0 Å². The number of primary amides is 1. The van der Waals surface area contributed by atoms with Crippen molar-refractivity contribution in [3.8, 4) is 0 Å². The van der Waals surface area contributed by atoms with Crippen LogP contribution in [0.25, 0.3) is 0 Å². The second-order valence-corrected chi connectivity index (χ2v) is 3.49. The number of ether oxygens (including phenoxy) is 1. The molecule has 0 spiro atoms. The predicted molar refractivity (Wildman–Crippen MR) is 54.8 cm³/mol. The maximum atomic E-state index is 10.7. The summed E-state index contributed by atoms with van der Waals surface area (Å²) >= 11 is 0. The van der Waals surface area contributed by atoms with E-state index in [4.69, 9.17) is 10.5 Å². The Labute approximate surface area is 84.7 Å². The van der Waals surface area contributed by atoms with Crippen molar-refractivity contribution in [1.29, 1.82) is 0 Å². The van der Waals surface area contributed by atoms with E-state index in [0.29, 0.717) is 5.57 Å². The van der Waals surface area contributed by atoms with E-state index in [1.54, 1.807) is 6.92 Å². The van der Waals surface area contributed by atoms with Crippen LogP contribution < -0.4 is 5.73 Å². The number of morpholine rings is 1. The molecule has 0 aromatic carbocycles. The monoisotopic (exact) mass is 198 g/mol. The number of hydrogen-bond acceptors (Lipinski definition) is 3. The summed E-state index contributed by atoms with van der Waals surface area (Å²) in [6.45, 7) is 6.35. The first-order valence-corrected chi connectivity index (χ1v) is 4.97. The van der Waals surface area contributed by atoms with Crippen LogP contribution in [0.3, 0.4) is 0 Å². The van der Waals surface area contributed by atoms with E-state index in [2.05, 4.69) is 4.90 Å². The predicted octanol–water partition coefficient (Wildman–Crippen LogP) is 0.140. The molecule has 4 heteroatoms. The lowest BCUT2D eigenvalue weighted by Gasteiger charge is -2.25. The first kappa shape index (κ1) is 11.2. The van der Waals surface area contributed by atoms with Gasteiger partial charge in [-0.2, -0.15) is 0 Å². The SMILES string of the molecule is CC(=CCCN1CCOCC1)C(N)=O. The molecule has 0 aromatic heterocycles. The van der Waals surface area contributed by atoms with Gasteiger partial charge in [0.2, 0.25) is 5.91 Å². The molecule has 0 saturated carbocycles. The molecular weight excluding hydrogens is 180 g/mol. The standard InChI is InChI=1S/C10H18N2O2/c1-9(10(11)13)3-2-4-12-5-7-14-8-6-12/h3H,2,4-8H2,1H3,(H2,11,13). The van der Waals surface area contributed by atoms with E-state index < -0.39 is 0 Å². The highest BCUT2D eigenvalue weighted by molar-refractivity contribution is 5.91. The zero-order chi connectivity index (χ0) is 10.4. The van der Waals surface area contributed by atoms with Crippen LogP contribution in [-0.4, -0.2) is 43.7 Å². The van der Waals surface area contributed by atoms with Gasteiger partial charge in [0, 0.05) is 25.2 Å². The molecule has 0 unspecified atom stereocenters. The van der Waals surface area contributed by atoms with Crippen LogP contribution in [0.1, 0.15) is 13.3 Å². The number of hydrogen-bond donors (Lipinski definition) is 1. The number of carbonyl (C=O) groups is 1. The summed E-state index contributed by atoms with van der Waals surface area (Å²) < 4.78 is 5.23. The van der Waals surface area contributed by atoms with E-state index in [-0.39, 0.29) is 5.91 Å². The van der Waals surface area contributed by atoms with Crippen LogP contribution in [0, 0.1) is 0 Å². The number of carbonyl (C=O) groups excluding carboxylic acids is 1. The number of nitrogens with two attached hydrogens (primary N) is 1. The smallest absolute Gasteiger partial charge is 0.244 e. The van der Waals surface area contributed by atoms with Crippen LogP contribution in [0.5, 0.6) is 0 Å². The van der Waals surface area contributed by atoms with Crippen molar-refractivity contribution >= 4 is 5.91 Å². The average molecular weight is 198 g/mol. The second kappa shape index (κ2) is 5.78. The van der Waals surface area contributed by atoms with Gasteiger partial charge in [-0.1, -0.05) is 6.08 Å². The maximum Gasteiger partial charge on any atom is 0.244 e. The van der Waals surface area contributed by atoms with E-state index >= 15 is 0 Å². The minimum Gasteiger partial charge on any atom is -0.379 e. The van der Waals surface area contributed by atoms with E-state index in [9.17, 15) is 4.79 Å². The van der Waals surface area contributed by atoms with E-state index in [1.165, 1.54) is 0 Å². The fourth-order valence-corrected chi connectivity index (χ4v) is 1.39. The van der Waals surface area contributed by atoms with Crippen LogP contribution in [0.2, 0.25) is 0 Å². The average Bonchev–Trinajstić information content (AvgIpc) is 2.19. The minimum absolute atomic E-state index is 0.327. The topological polar surface area (TPSA) is 55.6 Å². The Balaban J connectivity index is 2.19. The summed E-state index contributed by atoms with van der Waals surface area (Å²) in [5, 5.41) is 0. The first-order valence-electron chi connectivity index (χ1n) is 4.97. The Morgan fingerprint density at radius 3 is 2.71 bits per heavy atom. The molecule has 1 aliphatic rings. The summed E-state index contributed by atoms with van der Waals surface area (Å²) in [6, 6.07) is 0. The lowest BCUT2D eigenvalue weighted by molar-refractivity contribution is -0.114. The summed E-state index contributed by atoms with van der Waals surface area (Å²) in [6.07, 6.45) is 2.78. The van der Waals surface area contributed by atoms with E-state index in [1.807, 2.05) is 6.08 Å². The highest BCUT2D eigenvalue weighted by Crippen LogP contribution is 2.00. The fraction of sp³-hybridized carbons (Fsp3) is 0.700. The zero-order valence-electron chi connectivity index (χ0n) is 8.66. The van der Waals surface area contributed by atoms with Gasteiger partial charge in [0.05, 0.1) is 13.2 Å². The van der Waals surface area contributed by atoms with Crippen molar-refractivity contribution < 1.29 is 9.53 Å². The van der Waals surface area contributed by atoms with Gasteiger partial charge in [0.25, 0.3) is 0 Å². The van der Waals surface area contributed by atoms with Gasteiger partial charge in [-0.05, 0) is 13.3 Å². The van der Waals surface area contributed by atoms with Crippen LogP contribution >= 0.6 is 0 Å². The highest BCUT2D eigenvalue weighted by atomic mass is 16.5.